The number of rotatable bonds is 6. The van der Waals surface area contributed by atoms with Crippen LogP contribution in [0.4, 0.5) is 5.69 Å². The van der Waals surface area contributed by atoms with Crippen LogP contribution in [0.2, 0.25) is 5.02 Å². The summed E-state index contributed by atoms with van der Waals surface area (Å²) in [6, 6.07) is 6.97. The van der Waals surface area contributed by atoms with Crippen LogP contribution in [0.25, 0.3) is 10.1 Å². The highest BCUT2D eigenvalue weighted by molar-refractivity contribution is 7.95. The first-order valence-electron chi connectivity index (χ1n) is 9.13. The molecule has 4 rings (SSSR count). The van der Waals surface area contributed by atoms with E-state index in [2.05, 4.69) is 9.71 Å². The number of aryl methyl sites for hydroxylation is 1. The Kier molecular flexibility index (Phi) is 5.75. The molecular formula is C19H19ClN4O3S3. The Labute approximate surface area is 187 Å². The molecule has 0 unspecified atom stereocenters. The molecule has 3 heterocycles. The Morgan fingerprint density at radius 2 is 2.17 bits per heavy atom. The molecule has 1 amide bonds. The molecule has 1 aliphatic heterocycles. The Hall–Kier alpha value is -2.14. The van der Waals surface area contributed by atoms with Gasteiger partial charge in [-0.05, 0) is 53.9 Å². The van der Waals surface area contributed by atoms with Crippen molar-refractivity contribution in [3.05, 3.63) is 45.1 Å². The lowest BCUT2D eigenvalue weighted by Gasteiger charge is -2.13. The topological polar surface area (TPSA) is 105 Å². The molecule has 0 saturated carbocycles. The number of hydrogen-bond acceptors (Lipinski definition) is 6. The van der Waals surface area contributed by atoms with E-state index in [-0.39, 0.29) is 22.6 Å². The summed E-state index contributed by atoms with van der Waals surface area (Å²) in [5, 5.41) is 3.12. The van der Waals surface area contributed by atoms with Crippen molar-refractivity contribution in [3.63, 3.8) is 0 Å². The fraction of sp³-hybridized carbons (Fsp3) is 0.263. The molecule has 1 aromatic carbocycles. The van der Waals surface area contributed by atoms with Gasteiger partial charge in [0.05, 0.1) is 10.6 Å². The van der Waals surface area contributed by atoms with Gasteiger partial charge in [-0.3, -0.25) is 9.52 Å². The normalized spacial score (nSPS) is 15.3. The van der Waals surface area contributed by atoms with Gasteiger partial charge in [-0.25, -0.2) is 13.4 Å². The van der Waals surface area contributed by atoms with Crippen molar-refractivity contribution in [3.8, 4) is 0 Å². The lowest BCUT2D eigenvalue weighted by Crippen LogP contribution is -2.27. The Balaban J connectivity index is 1.60. The van der Waals surface area contributed by atoms with Crippen molar-refractivity contribution in [2.24, 2.45) is 10.7 Å². The van der Waals surface area contributed by atoms with Crippen molar-refractivity contribution in [2.75, 3.05) is 17.9 Å². The molecule has 0 atom stereocenters. The Morgan fingerprint density at radius 3 is 2.90 bits per heavy atom. The van der Waals surface area contributed by atoms with E-state index in [4.69, 9.17) is 17.3 Å². The first kappa shape index (κ1) is 21.1. The number of halogens is 1. The average molecular weight is 483 g/mol. The minimum atomic E-state index is -3.83. The highest BCUT2D eigenvalue weighted by Crippen LogP contribution is 2.37. The van der Waals surface area contributed by atoms with Crippen LogP contribution >= 0.6 is 34.3 Å². The van der Waals surface area contributed by atoms with Gasteiger partial charge in [0.2, 0.25) is 5.91 Å². The third kappa shape index (κ3) is 4.04. The molecule has 158 valence electrons. The molecule has 0 aliphatic carbocycles. The number of anilines is 1. The number of benzene rings is 1. The second-order valence-electron chi connectivity index (χ2n) is 6.87. The van der Waals surface area contributed by atoms with E-state index >= 15 is 0 Å². The molecule has 3 N–H and O–H groups in total. The van der Waals surface area contributed by atoms with Gasteiger partial charge in [0, 0.05) is 22.7 Å². The molecule has 3 aromatic rings. The fourth-order valence-corrected chi connectivity index (χ4v) is 7.12. The van der Waals surface area contributed by atoms with Gasteiger partial charge in [-0.15, -0.1) is 22.7 Å². The molecule has 1 fully saturated rings. The van der Waals surface area contributed by atoms with Crippen LogP contribution in [0.3, 0.4) is 0 Å². The second kappa shape index (κ2) is 8.18. The summed E-state index contributed by atoms with van der Waals surface area (Å²) in [4.78, 5) is 18.2. The number of carbonyl (C=O) groups excluding carboxylic acids is 1. The summed E-state index contributed by atoms with van der Waals surface area (Å²) in [5.74, 6) is 0.251. The summed E-state index contributed by atoms with van der Waals surface area (Å²) in [5.41, 5.74) is 7.12. The number of thiophene rings is 2. The van der Waals surface area contributed by atoms with Crippen LogP contribution in [-0.4, -0.2) is 38.3 Å². The second-order valence-corrected chi connectivity index (χ2v) is 11.2. The smallest absolute Gasteiger partial charge is 0.271 e. The van der Waals surface area contributed by atoms with E-state index in [1.807, 2.05) is 6.07 Å². The van der Waals surface area contributed by atoms with Gasteiger partial charge in [0.15, 0.2) is 0 Å². The van der Waals surface area contributed by atoms with Crippen LogP contribution in [0.15, 0.2) is 38.8 Å². The number of sulfonamides is 1. The zero-order valence-electron chi connectivity index (χ0n) is 16.0. The first-order chi connectivity index (χ1) is 14.3. The van der Waals surface area contributed by atoms with Gasteiger partial charge < -0.3 is 10.6 Å². The summed E-state index contributed by atoms with van der Waals surface area (Å²) >= 11 is 8.54. The first-order valence-corrected chi connectivity index (χ1v) is 12.7. The number of hydrogen-bond donors (Lipinski definition) is 2. The molecule has 0 spiro atoms. The quantitative estimate of drug-likeness (QED) is 0.409. The minimum absolute atomic E-state index is 0.0546. The fourth-order valence-electron chi connectivity index (χ4n) is 3.29. The zero-order chi connectivity index (χ0) is 21.5. The van der Waals surface area contributed by atoms with Crippen LogP contribution in [0, 0.1) is 6.92 Å². The molecule has 0 radical (unpaired) electrons. The van der Waals surface area contributed by atoms with Gasteiger partial charge >= 0.3 is 0 Å². The standard InChI is InChI=1S/C19H19ClN4O3S3/c1-11-13-9-12(20)4-5-15(13)29-19(11)30(26,27)23-14-6-8-28-17(14)18(21)22-10-24-7-2-3-16(24)25/h4-6,8-9,23H,2-3,7,10H2,1H3,(H2,21,22). The molecule has 30 heavy (non-hydrogen) atoms. The number of nitrogens with one attached hydrogen (secondary N) is 1. The third-order valence-corrected chi connectivity index (χ3v) is 9.25. The third-order valence-electron chi connectivity index (χ3n) is 4.82. The van der Waals surface area contributed by atoms with E-state index in [1.54, 1.807) is 35.4 Å². The SMILES string of the molecule is Cc1c(S(=O)(=O)Nc2ccsc2C(N)=NCN2CCCC2=O)sc2ccc(Cl)cc12. The summed E-state index contributed by atoms with van der Waals surface area (Å²) in [7, 11) is -3.83. The molecule has 0 bridgehead atoms. The largest absolute Gasteiger partial charge is 0.383 e. The Bertz CT molecular complexity index is 1260. The summed E-state index contributed by atoms with van der Waals surface area (Å²) < 4.78 is 29.9. The molecule has 1 saturated heterocycles. The highest BCUT2D eigenvalue weighted by atomic mass is 35.5. The average Bonchev–Trinajstić information content (AvgIpc) is 3.40. The zero-order valence-corrected chi connectivity index (χ0v) is 19.2. The number of carbonyl (C=O) groups is 1. The Morgan fingerprint density at radius 1 is 1.37 bits per heavy atom. The van der Waals surface area contributed by atoms with Crippen LogP contribution in [0.1, 0.15) is 23.3 Å². The van der Waals surface area contributed by atoms with E-state index < -0.39 is 10.0 Å². The molecular weight excluding hydrogens is 464 g/mol. The highest BCUT2D eigenvalue weighted by Gasteiger charge is 2.24. The summed E-state index contributed by atoms with van der Waals surface area (Å²) in [6.07, 6.45) is 1.34. The molecule has 1 aliphatic rings. The number of amidine groups is 1. The molecule has 7 nitrogen and oxygen atoms in total. The summed E-state index contributed by atoms with van der Waals surface area (Å²) in [6.45, 7) is 2.60. The van der Waals surface area contributed by atoms with E-state index in [0.29, 0.717) is 34.1 Å². The maximum atomic E-state index is 13.1. The van der Waals surface area contributed by atoms with Crippen molar-refractivity contribution >= 4 is 71.8 Å². The lowest BCUT2D eigenvalue weighted by atomic mass is 10.2. The van der Waals surface area contributed by atoms with Crippen LogP contribution in [0.5, 0.6) is 0 Å². The number of aliphatic imine (C=N–C) groups is 1. The maximum Gasteiger partial charge on any atom is 0.271 e. The van der Waals surface area contributed by atoms with Crippen molar-refractivity contribution in [2.45, 2.75) is 24.0 Å². The van der Waals surface area contributed by atoms with E-state index in [0.717, 1.165) is 16.5 Å². The monoisotopic (exact) mass is 482 g/mol. The number of fused-ring (bicyclic) bond motifs is 1. The van der Waals surface area contributed by atoms with Crippen molar-refractivity contribution in [1.29, 1.82) is 0 Å². The van der Waals surface area contributed by atoms with Crippen LogP contribution < -0.4 is 10.5 Å². The van der Waals surface area contributed by atoms with Gasteiger partial charge in [-0.1, -0.05) is 11.6 Å². The van der Waals surface area contributed by atoms with Gasteiger partial charge in [-0.2, -0.15) is 0 Å². The van der Waals surface area contributed by atoms with Crippen LogP contribution in [-0.2, 0) is 14.8 Å². The number of amides is 1. The maximum absolute atomic E-state index is 13.1. The van der Waals surface area contributed by atoms with Gasteiger partial charge in [0.25, 0.3) is 10.0 Å². The van der Waals surface area contributed by atoms with Crippen molar-refractivity contribution < 1.29 is 13.2 Å². The minimum Gasteiger partial charge on any atom is -0.383 e. The van der Waals surface area contributed by atoms with Gasteiger partial charge in [0.1, 0.15) is 16.7 Å². The van der Waals surface area contributed by atoms with E-state index in [1.165, 1.54) is 22.7 Å². The number of likely N-dealkylation sites (tertiary alicyclic amines) is 1. The predicted octanol–water partition coefficient (Wildman–Crippen LogP) is 4.01. The lowest BCUT2D eigenvalue weighted by molar-refractivity contribution is -0.127. The van der Waals surface area contributed by atoms with Crippen molar-refractivity contribution in [1.82, 2.24) is 4.90 Å². The molecule has 11 heteroatoms. The predicted molar refractivity (Wildman–Crippen MR) is 123 cm³/mol. The molecule has 2 aromatic heterocycles. The van der Waals surface area contributed by atoms with E-state index in [9.17, 15) is 13.2 Å². The number of nitrogens with zero attached hydrogens (tertiary/aromatic N) is 2. The number of nitrogens with two attached hydrogens (primary N) is 1.